The highest BCUT2D eigenvalue weighted by Crippen LogP contribution is 2.52. The second-order valence-electron chi connectivity index (χ2n) is 14.7. The highest BCUT2D eigenvalue weighted by atomic mass is 17.3. The summed E-state index contributed by atoms with van der Waals surface area (Å²) in [5, 5.41) is 0. The summed E-state index contributed by atoms with van der Waals surface area (Å²) in [7, 11) is 0. The van der Waals surface area contributed by atoms with E-state index in [4.69, 9.17) is 38.2 Å². The molecule has 0 aliphatic rings. The molecular weight excluding hydrogens is 560 g/mol. The van der Waals surface area contributed by atoms with Crippen LogP contribution < -0.4 is 0 Å². The van der Waals surface area contributed by atoms with Gasteiger partial charge >= 0.3 is 5.97 Å². The van der Waals surface area contributed by atoms with Gasteiger partial charge in [-0.3, -0.25) is 0 Å². The van der Waals surface area contributed by atoms with E-state index >= 15 is 0 Å². The monoisotopic (exact) mass is 635 g/mol. The molecular formula is C36H74O8. The van der Waals surface area contributed by atoms with Crippen LogP contribution in [0, 0.1) is 23.2 Å². The Kier molecular flexibility index (Phi) is 21.4. The lowest BCUT2D eigenvalue weighted by Crippen LogP contribution is -2.71. The molecule has 0 aromatic carbocycles. The van der Waals surface area contributed by atoms with E-state index in [1.165, 1.54) is 0 Å². The Morgan fingerprint density at radius 2 is 1.25 bits per heavy atom. The Morgan fingerprint density at radius 3 is 1.75 bits per heavy atom. The molecule has 0 aliphatic carbocycles. The van der Waals surface area contributed by atoms with Crippen molar-refractivity contribution >= 4 is 0 Å². The minimum atomic E-state index is -1.80. The summed E-state index contributed by atoms with van der Waals surface area (Å²) >= 11 is 0. The molecule has 0 N–H and O–H groups in total. The van der Waals surface area contributed by atoms with E-state index in [0.717, 1.165) is 44.9 Å². The molecule has 0 amide bonds. The highest BCUT2D eigenvalue weighted by molar-refractivity contribution is 4.96. The second kappa shape index (κ2) is 21.5. The molecule has 8 nitrogen and oxygen atoms in total. The molecule has 266 valence electrons. The molecule has 0 heterocycles. The van der Waals surface area contributed by atoms with Crippen LogP contribution in [0.5, 0.6) is 0 Å². The van der Waals surface area contributed by atoms with Gasteiger partial charge in [0.1, 0.15) is 0 Å². The van der Waals surface area contributed by atoms with E-state index < -0.39 is 23.0 Å². The molecule has 0 fully saturated rings. The average Bonchev–Trinajstić information content (AvgIpc) is 2.92. The van der Waals surface area contributed by atoms with Gasteiger partial charge in [0, 0.05) is 6.61 Å². The van der Waals surface area contributed by atoms with Crippen molar-refractivity contribution in [2.75, 3.05) is 33.0 Å². The van der Waals surface area contributed by atoms with Crippen LogP contribution in [0.4, 0.5) is 0 Å². The Labute approximate surface area is 272 Å². The molecule has 0 bridgehead atoms. The molecule has 0 rings (SSSR count). The largest absolute Gasteiger partial charge is 0.380 e. The number of hydrogen-bond acceptors (Lipinski definition) is 8. The van der Waals surface area contributed by atoms with Crippen LogP contribution >= 0.6 is 0 Å². The normalized spacial score (nSPS) is 19.0. The van der Waals surface area contributed by atoms with Crippen molar-refractivity contribution in [3.63, 3.8) is 0 Å². The summed E-state index contributed by atoms with van der Waals surface area (Å²) in [6.45, 7) is 33.0. The summed E-state index contributed by atoms with van der Waals surface area (Å²) in [4.78, 5) is 12.6. The second-order valence-corrected chi connectivity index (χ2v) is 14.7. The lowest BCUT2D eigenvalue weighted by Gasteiger charge is -2.56. The van der Waals surface area contributed by atoms with Gasteiger partial charge in [-0.1, -0.05) is 81.6 Å². The molecule has 0 saturated carbocycles. The van der Waals surface area contributed by atoms with Gasteiger partial charge in [-0.25, -0.2) is 4.89 Å². The van der Waals surface area contributed by atoms with Crippen LogP contribution in [-0.2, 0) is 38.2 Å². The molecule has 0 spiro atoms. The van der Waals surface area contributed by atoms with Gasteiger partial charge in [0.15, 0.2) is 5.41 Å². The standard InChI is InChI=1S/C36H74O8/c1-16-20-23-37-27-34(15,35(39-25-29(7)8,41-31(10)19-4)43-33(12,13)14)36(38-24-22-28(5)6,42-32(11)21-17-2)44-40-26-30(9)18-3/h28-32H,16-27H2,1-15H3. The highest BCUT2D eigenvalue weighted by Gasteiger charge is 2.70. The van der Waals surface area contributed by atoms with Gasteiger partial charge in [-0.15, -0.1) is 0 Å². The summed E-state index contributed by atoms with van der Waals surface area (Å²) in [5.41, 5.74) is -2.00. The number of rotatable bonds is 27. The van der Waals surface area contributed by atoms with Crippen LogP contribution in [0.1, 0.15) is 149 Å². The predicted octanol–water partition coefficient (Wildman–Crippen LogP) is 9.68. The molecule has 0 aliphatic heterocycles. The molecule has 0 radical (unpaired) electrons. The van der Waals surface area contributed by atoms with Gasteiger partial charge in [0.25, 0.3) is 5.97 Å². The fourth-order valence-corrected chi connectivity index (χ4v) is 4.37. The maximum atomic E-state index is 6.97. The SMILES string of the molecule is CCCCOCC(C)(C(OCCC(C)C)(OOCC(C)CC)OC(C)CCC)C(OCC(C)C)(OC(C)CC)OC(C)(C)C. The van der Waals surface area contributed by atoms with Gasteiger partial charge in [0.2, 0.25) is 0 Å². The smallest absolute Gasteiger partial charge is 0.328 e. The van der Waals surface area contributed by atoms with Crippen molar-refractivity contribution in [1.82, 2.24) is 0 Å². The quantitative estimate of drug-likeness (QED) is 0.0383. The van der Waals surface area contributed by atoms with Gasteiger partial charge in [-0.2, -0.15) is 4.89 Å². The zero-order valence-electron chi connectivity index (χ0n) is 31.6. The molecule has 6 unspecified atom stereocenters. The first-order valence-corrected chi connectivity index (χ1v) is 17.7. The van der Waals surface area contributed by atoms with E-state index in [2.05, 4.69) is 62.3 Å². The third-order valence-corrected chi connectivity index (χ3v) is 7.62. The van der Waals surface area contributed by atoms with Crippen LogP contribution in [0.2, 0.25) is 0 Å². The number of hydrogen-bond donors (Lipinski definition) is 0. The van der Waals surface area contributed by atoms with Crippen molar-refractivity contribution in [2.45, 2.75) is 179 Å². The average molecular weight is 635 g/mol. The van der Waals surface area contributed by atoms with Crippen molar-refractivity contribution in [3.05, 3.63) is 0 Å². The first-order valence-electron chi connectivity index (χ1n) is 17.7. The topological polar surface area (TPSA) is 73.8 Å². The Bertz CT molecular complexity index is 711. The summed E-state index contributed by atoms with van der Waals surface area (Å²) in [5.74, 6) is -2.62. The first-order chi connectivity index (χ1) is 20.5. The van der Waals surface area contributed by atoms with E-state index in [1.54, 1.807) is 0 Å². The Morgan fingerprint density at radius 1 is 0.614 bits per heavy atom. The van der Waals surface area contributed by atoms with Gasteiger partial charge in [-0.05, 0) is 85.0 Å². The molecule has 6 atom stereocenters. The maximum Gasteiger partial charge on any atom is 0.328 e. The van der Waals surface area contributed by atoms with E-state index in [-0.39, 0.29) is 30.7 Å². The minimum absolute atomic E-state index is 0.116. The molecule has 8 heteroatoms. The zero-order chi connectivity index (χ0) is 34.0. The predicted molar refractivity (Wildman–Crippen MR) is 179 cm³/mol. The summed E-state index contributed by atoms with van der Waals surface area (Å²) in [6, 6.07) is 0. The molecule has 0 aromatic rings. The third kappa shape index (κ3) is 15.1. The fourth-order valence-electron chi connectivity index (χ4n) is 4.37. The number of ether oxygens (including phenoxy) is 6. The first kappa shape index (κ1) is 43.7. The van der Waals surface area contributed by atoms with E-state index in [1.807, 2.05) is 41.5 Å². The molecule has 44 heavy (non-hydrogen) atoms. The lowest BCUT2D eigenvalue weighted by molar-refractivity contribution is -0.594. The van der Waals surface area contributed by atoms with Crippen LogP contribution in [0.25, 0.3) is 0 Å². The van der Waals surface area contributed by atoms with E-state index in [0.29, 0.717) is 32.3 Å². The van der Waals surface area contributed by atoms with Gasteiger partial charge in [0.05, 0.1) is 44.2 Å². The van der Waals surface area contributed by atoms with Gasteiger partial charge < -0.3 is 28.4 Å². The fraction of sp³-hybridized carbons (Fsp3) is 1.00. The van der Waals surface area contributed by atoms with E-state index in [9.17, 15) is 0 Å². The lowest BCUT2D eigenvalue weighted by atomic mass is 9.83. The van der Waals surface area contributed by atoms with Crippen molar-refractivity contribution in [1.29, 1.82) is 0 Å². The van der Waals surface area contributed by atoms with Crippen LogP contribution in [0.3, 0.4) is 0 Å². The summed E-state index contributed by atoms with van der Waals surface area (Å²) in [6.07, 6.45) is 5.66. The minimum Gasteiger partial charge on any atom is -0.380 e. The summed E-state index contributed by atoms with van der Waals surface area (Å²) < 4.78 is 41.0. The Balaban J connectivity index is 7.72. The van der Waals surface area contributed by atoms with Crippen LogP contribution in [-0.4, -0.2) is 62.8 Å². The van der Waals surface area contributed by atoms with Crippen molar-refractivity contribution in [3.8, 4) is 0 Å². The van der Waals surface area contributed by atoms with Crippen molar-refractivity contribution in [2.24, 2.45) is 23.2 Å². The molecule has 0 aromatic heterocycles. The third-order valence-electron chi connectivity index (χ3n) is 7.62. The van der Waals surface area contributed by atoms with Crippen LogP contribution in [0.15, 0.2) is 0 Å². The number of unbranched alkanes of at least 4 members (excludes halogenated alkanes) is 1. The zero-order valence-corrected chi connectivity index (χ0v) is 31.6. The Hall–Kier alpha value is -0.320. The van der Waals surface area contributed by atoms with Crippen molar-refractivity contribution < 1.29 is 38.2 Å². The molecule has 0 saturated heterocycles. The maximum absolute atomic E-state index is 6.97.